The number of benzene rings is 2. The largest absolute Gasteiger partial charge is 0.450 e. The number of aliphatic imine (C=N–C) groups is 1. The summed E-state index contributed by atoms with van der Waals surface area (Å²) in [6.45, 7) is 0. The summed E-state index contributed by atoms with van der Waals surface area (Å²) in [6, 6.07) is 7.79. The molecule has 8 nitrogen and oxygen atoms in total. The minimum atomic E-state index is -3.36. The van der Waals surface area contributed by atoms with Crippen molar-refractivity contribution in [2.45, 2.75) is 17.2 Å². The van der Waals surface area contributed by atoms with Crippen LogP contribution in [-0.2, 0) is 24.1 Å². The topological polar surface area (TPSA) is 126 Å². The molecule has 11 heteroatoms. The summed E-state index contributed by atoms with van der Waals surface area (Å²) in [5, 5.41) is 2.83. The zero-order chi connectivity index (χ0) is 20.5. The molecule has 0 spiro atoms. The number of primary amides is 1. The van der Waals surface area contributed by atoms with Crippen LogP contribution in [0.3, 0.4) is 0 Å². The van der Waals surface area contributed by atoms with E-state index >= 15 is 0 Å². The third-order valence-corrected chi connectivity index (χ3v) is 5.47. The van der Waals surface area contributed by atoms with Crippen LogP contribution < -0.4 is 15.8 Å². The van der Waals surface area contributed by atoms with E-state index in [4.69, 9.17) is 10.5 Å². The van der Waals surface area contributed by atoms with Gasteiger partial charge in [-0.25, -0.2) is 13.8 Å². The Morgan fingerprint density at radius 2 is 1.82 bits per heavy atom. The summed E-state index contributed by atoms with van der Waals surface area (Å²) in [5.74, 6) is -3.02. The molecule has 3 rings (SSSR count). The molecule has 1 aliphatic heterocycles. The minimum absolute atomic E-state index is 0.143. The van der Waals surface area contributed by atoms with Crippen molar-refractivity contribution in [2.24, 2.45) is 10.7 Å². The highest BCUT2D eigenvalue weighted by Crippen LogP contribution is 2.24. The zero-order valence-corrected chi connectivity index (χ0v) is 15.4. The minimum Gasteiger partial charge on any atom is -0.450 e. The van der Waals surface area contributed by atoms with Gasteiger partial charge in [0, 0.05) is 24.9 Å². The molecule has 1 heterocycles. The molecule has 3 atom stereocenters. The van der Waals surface area contributed by atoms with Crippen molar-refractivity contribution in [2.75, 3.05) is 12.4 Å². The number of ether oxygens (including phenoxy) is 1. The predicted octanol–water partition coefficient (Wildman–Crippen LogP) is 1.50. The van der Waals surface area contributed by atoms with Gasteiger partial charge in [-0.15, -0.1) is 4.72 Å². The molecule has 5 N–H and O–H groups in total. The molecule has 2 aromatic carbocycles. The Labute approximate surface area is 160 Å². The molecule has 28 heavy (non-hydrogen) atoms. The van der Waals surface area contributed by atoms with Crippen LogP contribution >= 0.6 is 0 Å². The molecule has 0 fully saturated rings. The zero-order valence-electron chi connectivity index (χ0n) is 14.6. The van der Waals surface area contributed by atoms with Gasteiger partial charge in [0.25, 0.3) is 0 Å². The van der Waals surface area contributed by atoms with Gasteiger partial charge in [-0.1, -0.05) is 6.07 Å². The van der Waals surface area contributed by atoms with E-state index in [2.05, 4.69) is 15.0 Å². The summed E-state index contributed by atoms with van der Waals surface area (Å²) >= 11 is 0. The molecule has 0 saturated heterocycles. The molecule has 3 unspecified atom stereocenters. The van der Waals surface area contributed by atoms with E-state index in [1.54, 1.807) is 0 Å². The normalized spacial score (nSPS) is 20.8. The number of nitrogens with two attached hydrogens (primary N) is 1. The number of carbonyl (C=O) groups excluding carboxylic acids is 1. The highest BCUT2D eigenvalue weighted by molar-refractivity contribution is 7.95. The third kappa shape index (κ3) is 3.86. The molecule has 148 valence electrons. The molecule has 0 saturated carbocycles. The maximum atomic E-state index is 14.0. The smallest absolute Gasteiger partial charge is 0.322 e. The van der Waals surface area contributed by atoms with E-state index in [-0.39, 0.29) is 10.8 Å². The van der Waals surface area contributed by atoms with Crippen LogP contribution in [0.15, 0.2) is 52.4 Å². The van der Waals surface area contributed by atoms with Crippen LogP contribution in [0.4, 0.5) is 14.5 Å². The van der Waals surface area contributed by atoms with Gasteiger partial charge in [-0.3, -0.25) is 4.79 Å². The van der Waals surface area contributed by atoms with Crippen LogP contribution in [0.2, 0.25) is 0 Å². The van der Waals surface area contributed by atoms with Gasteiger partial charge < -0.3 is 15.8 Å². The van der Waals surface area contributed by atoms with Crippen molar-refractivity contribution in [1.82, 2.24) is 4.72 Å². The third-order valence-electron chi connectivity index (χ3n) is 4.01. The molecular weight excluding hydrogens is 394 g/mol. The number of amides is 1. The molecule has 0 radical (unpaired) electrons. The lowest BCUT2D eigenvalue weighted by atomic mass is 10.2. The quantitative estimate of drug-likeness (QED) is 0.536. The van der Waals surface area contributed by atoms with Crippen molar-refractivity contribution in [1.29, 1.82) is 0 Å². The Morgan fingerprint density at radius 3 is 2.36 bits per heavy atom. The van der Waals surface area contributed by atoms with Crippen LogP contribution in [-0.4, -0.2) is 35.7 Å². The maximum absolute atomic E-state index is 14.0. The highest BCUT2D eigenvalue weighted by atomic mass is 32.3. The fourth-order valence-corrected chi connectivity index (χ4v) is 3.31. The Hall–Kier alpha value is -2.89. The Morgan fingerprint density at radius 1 is 1.21 bits per heavy atom. The average Bonchev–Trinajstić information content (AvgIpc) is 3.05. The van der Waals surface area contributed by atoms with Gasteiger partial charge in [-0.2, -0.15) is 4.55 Å². The maximum Gasteiger partial charge on any atom is 0.322 e. The van der Waals surface area contributed by atoms with Crippen LogP contribution in [0.5, 0.6) is 0 Å². The van der Waals surface area contributed by atoms with Crippen molar-refractivity contribution >= 4 is 27.9 Å². The van der Waals surface area contributed by atoms with Gasteiger partial charge >= 0.3 is 10.4 Å². The first-order valence-corrected chi connectivity index (χ1v) is 9.54. The van der Waals surface area contributed by atoms with Gasteiger partial charge in [-0.05, 0) is 28.5 Å². The van der Waals surface area contributed by atoms with Crippen molar-refractivity contribution in [3.8, 4) is 0 Å². The fraction of sp³-hybridized carbons (Fsp3) is 0.176. The number of anilines is 1. The summed E-state index contributed by atoms with van der Waals surface area (Å²) in [7, 11) is -2.01. The fourth-order valence-electron chi connectivity index (χ4n) is 2.57. The van der Waals surface area contributed by atoms with Crippen LogP contribution in [0.25, 0.3) is 0 Å². The van der Waals surface area contributed by atoms with E-state index in [0.29, 0.717) is 5.69 Å². The highest BCUT2D eigenvalue weighted by Gasteiger charge is 2.37. The number of hydrogen-bond donors (Lipinski definition) is 4. The SMILES string of the molecule is CN[S+](=O)(O)c1ccc(NC2OC(c3c(F)cccc3F)=NC2C(N)=O)cc1. The van der Waals surface area contributed by atoms with Crippen molar-refractivity contribution < 1.29 is 27.1 Å². The lowest BCUT2D eigenvalue weighted by Crippen LogP contribution is -2.40. The molecule has 1 aliphatic rings. The first kappa shape index (κ1) is 19.9. The average molecular weight is 411 g/mol. The summed E-state index contributed by atoms with van der Waals surface area (Å²) in [4.78, 5) is 15.8. The molecule has 1 amide bonds. The molecule has 2 aromatic rings. The monoisotopic (exact) mass is 411 g/mol. The van der Waals surface area contributed by atoms with Crippen molar-refractivity contribution in [3.05, 3.63) is 59.7 Å². The van der Waals surface area contributed by atoms with E-state index < -0.39 is 45.8 Å². The molecule has 0 aromatic heterocycles. The number of nitrogens with zero attached hydrogens (tertiary/aromatic N) is 1. The van der Waals surface area contributed by atoms with Crippen molar-refractivity contribution in [3.63, 3.8) is 0 Å². The Bertz CT molecular complexity index is 963. The van der Waals surface area contributed by atoms with Crippen LogP contribution in [0, 0.1) is 11.6 Å². The number of rotatable bonds is 6. The van der Waals surface area contributed by atoms with Gasteiger partial charge in [0.15, 0.2) is 6.04 Å². The lowest BCUT2D eigenvalue weighted by Gasteiger charge is -2.18. The summed E-state index contributed by atoms with van der Waals surface area (Å²) in [5.41, 5.74) is 5.24. The molecule has 0 bridgehead atoms. The first-order valence-electron chi connectivity index (χ1n) is 8.03. The number of carbonyl (C=O) groups is 1. The van der Waals surface area contributed by atoms with E-state index in [1.807, 2.05) is 0 Å². The Balaban J connectivity index is 1.83. The number of halogens is 2. The van der Waals surface area contributed by atoms with Gasteiger partial charge in [0.1, 0.15) is 17.2 Å². The first-order chi connectivity index (χ1) is 13.2. The summed E-state index contributed by atoms with van der Waals surface area (Å²) in [6.07, 6.45) is -1.11. The summed E-state index contributed by atoms with van der Waals surface area (Å²) < 4.78 is 57.3. The van der Waals surface area contributed by atoms with E-state index in [0.717, 1.165) is 12.1 Å². The van der Waals surface area contributed by atoms with Crippen LogP contribution in [0.1, 0.15) is 5.56 Å². The number of nitrogens with one attached hydrogen (secondary N) is 2. The second kappa shape index (κ2) is 7.62. The standard InChI is InChI=1S/C17H16F2N4O4S/c1-21-28(25,26)10-7-5-9(6-8-10)22-17-14(15(20)24)23-16(27-17)13-11(18)3-2-4-12(13)19/h2-8,14,17H,1H3,(H4-,20,21,22,24,25,26)/p+1. The second-order valence-electron chi connectivity index (χ2n) is 5.82. The second-order valence-corrected chi connectivity index (χ2v) is 7.75. The molecular formula is C17H17F2N4O4S+. The van der Waals surface area contributed by atoms with E-state index in [9.17, 15) is 22.3 Å². The van der Waals surface area contributed by atoms with Gasteiger partial charge in [0.2, 0.25) is 22.9 Å². The lowest BCUT2D eigenvalue weighted by molar-refractivity contribution is -0.120. The number of hydrogen-bond acceptors (Lipinski definition) is 5. The van der Waals surface area contributed by atoms with E-state index in [1.165, 1.54) is 37.4 Å². The molecule has 0 aliphatic carbocycles. The predicted molar refractivity (Wildman–Crippen MR) is 98.8 cm³/mol. The van der Waals surface area contributed by atoms with Gasteiger partial charge in [0.05, 0.1) is 0 Å². The Kier molecular flexibility index (Phi) is 5.40.